The van der Waals surface area contributed by atoms with Crippen molar-refractivity contribution in [2.24, 2.45) is 0 Å². The van der Waals surface area contributed by atoms with Gasteiger partial charge < -0.3 is 9.32 Å². The number of para-hydroxylation sites is 1. The van der Waals surface area contributed by atoms with E-state index in [0.717, 1.165) is 50.1 Å². The van der Waals surface area contributed by atoms with Gasteiger partial charge >= 0.3 is 0 Å². The topological polar surface area (TPSA) is 16.4 Å². The van der Waals surface area contributed by atoms with Crippen LogP contribution in [0, 0.1) is 0 Å². The van der Waals surface area contributed by atoms with Crippen molar-refractivity contribution in [2.75, 3.05) is 4.90 Å². The first kappa shape index (κ1) is 28.4. The van der Waals surface area contributed by atoms with Gasteiger partial charge in [0.25, 0.3) is 0 Å². The van der Waals surface area contributed by atoms with E-state index >= 15 is 0 Å². The summed E-state index contributed by atoms with van der Waals surface area (Å²) in [5.41, 5.74) is 9.83. The summed E-state index contributed by atoms with van der Waals surface area (Å²) >= 11 is 0. The van der Waals surface area contributed by atoms with Crippen molar-refractivity contribution in [3.63, 3.8) is 0 Å². The van der Waals surface area contributed by atoms with Crippen molar-refractivity contribution in [1.82, 2.24) is 0 Å². The number of fused-ring (bicyclic) bond motifs is 6. The Morgan fingerprint density at radius 1 is 0.320 bits per heavy atom. The van der Waals surface area contributed by atoms with Gasteiger partial charge in [0, 0.05) is 27.4 Å². The van der Waals surface area contributed by atoms with Crippen molar-refractivity contribution in [1.29, 1.82) is 0 Å². The molecule has 0 aliphatic heterocycles. The quantitative estimate of drug-likeness (QED) is 0.187. The third-order valence-electron chi connectivity index (χ3n) is 10.0. The summed E-state index contributed by atoms with van der Waals surface area (Å²) in [6.07, 6.45) is 0. The van der Waals surface area contributed by atoms with Crippen LogP contribution in [-0.4, -0.2) is 0 Å². The molecule has 10 rings (SSSR count). The van der Waals surface area contributed by atoms with Crippen LogP contribution in [0.15, 0.2) is 192 Å². The van der Waals surface area contributed by atoms with Crippen molar-refractivity contribution >= 4 is 71.3 Å². The molecule has 0 N–H and O–H groups in total. The lowest BCUT2D eigenvalue weighted by molar-refractivity contribution is 0.669. The van der Waals surface area contributed by atoms with E-state index in [9.17, 15) is 0 Å². The van der Waals surface area contributed by atoms with Gasteiger partial charge in [0.05, 0.1) is 11.4 Å². The summed E-state index contributed by atoms with van der Waals surface area (Å²) in [6, 6.07) is 67.7. The lowest BCUT2D eigenvalue weighted by Crippen LogP contribution is -2.12. The minimum Gasteiger partial charge on any atom is -0.456 e. The summed E-state index contributed by atoms with van der Waals surface area (Å²) in [4.78, 5) is 2.43. The minimum atomic E-state index is 0.894. The molecule has 234 valence electrons. The van der Waals surface area contributed by atoms with Gasteiger partial charge in [-0.3, -0.25) is 0 Å². The number of hydrogen-bond donors (Lipinski definition) is 0. The molecule has 1 heterocycles. The number of furan rings is 1. The second-order valence-corrected chi connectivity index (χ2v) is 12.9. The van der Waals surface area contributed by atoms with E-state index in [1.165, 1.54) is 43.4 Å². The monoisotopic (exact) mass is 637 g/mol. The van der Waals surface area contributed by atoms with Crippen molar-refractivity contribution < 1.29 is 4.42 Å². The van der Waals surface area contributed by atoms with E-state index in [0.29, 0.717) is 0 Å². The first-order chi connectivity index (χ1) is 24.8. The normalized spacial score (nSPS) is 11.6. The highest BCUT2D eigenvalue weighted by molar-refractivity contribution is 6.11. The number of hydrogen-bond acceptors (Lipinski definition) is 2. The fraction of sp³-hybridized carbons (Fsp3) is 0. The second kappa shape index (κ2) is 11.5. The Kier molecular flexibility index (Phi) is 6.53. The Morgan fingerprint density at radius 3 is 1.76 bits per heavy atom. The number of nitrogens with zero attached hydrogens (tertiary/aromatic N) is 1. The molecular formula is C48H31NO. The summed E-state index contributed by atoms with van der Waals surface area (Å²) in [5.74, 6) is 0. The van der Waals surface area contributed by atoms with Crippen molar-refractivity contribution in [2.45, 2.75) is 0 Å². The molecule has 0 bridgehead atoms. The molecule has 0 atom stereocenters. The van der Waals surface area contributed by atoms with Gasteiger partial charge in [-0.25, -0.2) is 0 Å². The predicted octanol–water partition coefficient (Wildman–Crippen LogP) is 13.8. The van der Waals surface area contributed by atoms with Gasteiger partial charge in [0.15, 0.2) is 0 Å². The van der Waals surface area contributed by atoms with Crippen molar-refractivity contribution in [3.8, 4) is 22.3 Å². The van der Waals surface area contributed by atoms with Gasteiger partial charge in [-0.05, 0) is 92.2 Å². The molecule has 1 aromatic heterocycles. The lowest BCUT2D eigenvalue weighted by atomic mass is 9.96. The molecule has 0 fully saturated rings. The van der Waals surface area contributed by atoms with E-state index in [1.54, 1.807) is 0 Å². The minimum absolute atomic E-state index is 0.894. The van der Waals surface area contributed by atoms with Crippen LogP contribution in [0.2, 0.25) is 0 Å². The number of rotatable bonds is 5. The molecule has 2 heteroatoms. The molecule has 2 nitrogen and oxygen atoms in total. The average Bonchev–Trinajstić information content (AvgIpc) is 3.54. The maximum Gasteiger partial charge on any atom is 0.136 e. The van der Waals surface area contributed by atoms with E-state index in [4.69, 9.17) is 4.42 Å². The zero-order valence-corrected chi connectivity index (χ0v) is 27.3. The van der Waals surface area contributed by atoms with Crippen LogP contribution >= 0.6 is 0 Å². The van der Waals surface area contributed by atoms with Crippen molar-refractivity contribution in [3.05, 3.63) is 188 Å². The summed E-state index contributed by atoms with van der Waals surface area (Å²) in [6.45, 7) is 0. The highest BCUT2D eigenvalue weighted by Gasteiger charge is 2.20. The molecule has 9 aromatic carbocycles. The Hall–Kier alpha value is -6.64. The number of anilines is 3. The SMILES string of the molecule is c1cc(-c2cccc3ccccc23)cc(N(c2ccccc2-c2ccc3oc4cc5ccccc5cc4c3c2)c2cccc3ccccc23)c1. The molecule has 0 radical (unpaired) electrons. The van der Waals surface area contributed by atoms with Gasteiger partial charge in [0.2, 0.25) is 0 Å². The maximum atomic E-state index is 6.39. The first-order valence-corrected chi connectivity index (χ1v) is 17.1. The standard InChI is InChI=1S/C48H31NO/c1-2-15-35-31-48-44(29-34(35)14-1)43-30-37(26-27-47(43)50-48)42-22-7-8-24-45(42)49(46-25-11-17-33-13-4-6-21-41(33)46)38-19-9-18-36(28-38)40-23-10-16-32-12-3-5-20-39(32)40/h1-31H. The van der Waals surface area contributed by atoms with Crippen LogP contribution in [0.3, 0.4) is 0 Å². The van der Waals surface area contributed by atoms with Gasteiger partial charge in [-0.1, -0.05) is 140 Å². The first-order valence-electron chi connectivity index (χ1n) is 17.1. The molecule has 0 aliphatic carbocycles. The molecular weight excluding hydrogens is 607 g/mol. The van der Waals surface area contributed by atoms with Crippen LogP contribution < -0.4 is 4.90 Å². The van der Waals surface area contributed by atoms with Crippen LogP contribution in [0.4, 0.5) is 17.1 Å². The van der Waals surface area contributed by atoms with Crippen LogP contribution in [-0.2, 0) is 0 Å². The average molecular weight is 638 g/mol. The summed E-state index contributed by atoms with van der Waals surface area (Å²) in [7, 11) is 0. The fourth-order valence-corrected chi connectivity index (χ4v) is 7.64. The molecule has 0 saturated heterocycles. The van der Waals surface area contributed by atoms with Gasteiger partial charge in [0.1, 0.15) is 11.2 Å². The van der Waals surface area contributed by atoms with E-state index in [1.807, 2.05) is 0 Å². The molecule has 0 amide bonds. The smallest absolute Gasteiger partial charge is 0.136 e. The van der Waals surface area contributed by atoms with Crippen LogP contribution in [0.5, 0.6) is 0 Å². The van der Waals surface area contributed by atoms with Gasteiger partial charge in [-0.2, -0.15) is 0 Å². The largest absolute Gasteiger partial charge is 0.456 e. The Morgan fingerprint density at radius 2 is 0.900 bits per heavy atom. The zero-order chi connectivity index (χ0) is 33.0. The third-order valence-corrected chi connectivity index (χ3v) is 10.0. The predicted molar refractivity (Wildman–Crippen MR) is 212 cm³/mol. The zero-order valence-electron chi connectivity index (χ0n) is 27.3. The maximum absolute atomic E-state index is 6.39. The molecule has 0 spiro atoms. The van der Waals surface area contributed by atoms with E-state index in [-0.39, 0.29) is 0 Å². The number of benzene rings is 9. The third kappa shape index (κ3) is 4.65. The highest BCUT2D eigenvalue weighted by Crippen LogP contribution is 2.45. The Labute approximate surface area is 290 Å². The summed E-state index contributed by atoms with van der Waals surface area (Å²) < 4.78 is 6.39. The van der Waals surface area contributed by atoms with E-state index < -0.39 is 0 Å². The van der Waals surface area contributed by atoms with Crippen LogP contribution in [0.1, 0.15) is 0 Å². The second-order valence-electron chi connectivity index (χ2n) is 12.9. The van der Waals surface area contributed by atoms with E-state index in [2.05, 4.69) is 193 Å². The molecule has 0 unspecified atom stereocenters. The fourth-order valence-electron chi connectivity index (χ4n) is 7.64. The molecule has 10 aromatic rings. The van der Waals surface area contributed by atoms with Crippen LogP contribution in [0.25, 0.3) is 76.5 Å². The highest BCUT2D eigenvalue weighted by atomic mass is 16.3. The lowest BCUT2D eigenvalue weighted by Gasteiger charge is -2.29. The molecule has 0 saturated carbocycles. The summed E-state index contributed by atoms with van der Waals surface area (Å²) in [5, 5.41) is 9.53. The molecule has 50 heavy (non-hydrogen) atoms. The molecule has 0 aliphatic rings. The Bertz CT molecular complexity index is 2890. The Balaban J connectivity index is 1.20. The van der Waals surface area contributed by atoms with Gasteiger partial charge in [-0.15, -0.1) is 0 Å².